The van der Waals surface area contributed by atoms with E-state index in [0.29, 0.717) is 18.5 Å². The van der Waals surface area contributed by atoms with Crippen LogP contribution in [0, 0.1) is 15.4 Å². The third-order valence-electron chi connectivity index (χ3n) is 1.89. The summed E-state index contributed by atoms with van der Waals surface area (Å²) in [6.07, 6.45) is 0.687. The first-order valence-corrected chi connectivity index (χ1v) is 6.65. The molecule has 0 aliphatic heterocycles. The van der Waals surface area contributed by atoms with Crippen molar-refractivity contribution in [2.24, 2.45) is 0 Å². The topological polar surface area (TPSA) is 29.1 Å². The van der Waals surface area contributed by atoms with Crippen molar-refractivity contribution in [3.8, 4) is 11.8 Å². The average molecular weight is 392 g/mol. The van der Waals surface area contributed by atoms with Gasteiger partial charge in [0, 0.05) is 21.0 Å². The summed E-state index contributed by atoms with van der Waals surface area (Å²) in [5.74, 6) is 5.64. The second-order valence-electron chi connectivity index (χ2n) is 3.06. The largest absolute Gasteiger partial charge is 0.351 e. The maximum atomic E-state index is 11.8. The number of amides is 1. The lowest BCUT2D eigenvalue weighted by molar-refractivity contribution is 0.0953. The van der Waals surface area contributed by atoms with Crippen molar-refractivity contribution < 1.29 is 4.79 Å². The Morgan fingerprint density at radius 1 is 1.56 bits per heavy atom. The molecule has 1 amide bonds. The molecule has 4 heteroatoms. The van der Waals surface area contributed by atoms with Crippen molar-refractivity contribution in [3.05, 3.63) is 31.8 Å². The first kappa shape index (κ1) is 13.5. The molecule has 1 N–H and O–H groups in total. The Bertz CT molecular complexity index is 448. The number of carbonyl (C=O) groups excluding carboxylic acids is 1. The molecule has 0 aliphatic rings. The van der Waals surface area contributed by atoms with Gasteiger partial charge in [-0.3, -0.25) is 4.79 Å². The number of halogens is 2. The lowest BCUT2D eigenvalue weighted by atomic mass is 10.2. The van der Waals surface area contributed by atoms with Crippen LogP contribution in [0.3, 0.4) is 0 Å². The number of carbonyl (C=O) groups is 1. The van der Waals surface area contributed by atoms with E-state index >= 15 is 0 Å². The van der Waals surface area contributed by atoms with E-state index in [1.54, 1.807) is 6.92 Å². The van der Waals surface area contributed by atoms with Gasteiger partial charge in [-0.05, 0) is 47.7 Å². The molecule has 0 aliphatic carbocycles. The quantitative estimate of drug-likeness (QED) is 0.478. The lowest BCUT2D eigenvalue weighted by Gasteiger charge is -2.05. The summed E-state index contributed by atoms with van der Waals surface area (Å²) in [6, 6.07) is 5.65. The van der Waals surface area contributed by atoms with Crippen LogP contribution >= 0.6 is 38.5 Å². The minimum Gasteiger partial charge on any atom is -0.351 e. The van der Waals surface area contributed by atoms with Gasteiger partial charge in [-0.2, -0.15) is 0 Å². The molecule has 0 heterocycles. The second kappa shape index (κ2) is 6.92. The van der Waals surface area contributed by atoms with Crippen molar-refractivity contribution in [1.82, 2.24) is 5.32 Å². The van der Waals surface area contributed by atoms with Crippen molar-refractivity contribution in [1.29, 1.82) is 0 Å². The van der Waals surface area contributed by atoms with Gasteiger partial charge in [-0.25, -0.2) is 0 Å². The van der Waals surface area contributed by atoms with Gasteiger partial charge in [0.1, 0.15) is 0 Å². The molecule has 0 bridgehead atoms. The fourth-order valence-electron chi connectivity index (χ4n) is 1.13. The molecule has 1 aromatic carbocycles. The molecule has 84 valence electrons. The highest BCUT2D eigenvalue weighted by Crippen LogP contribution is 2.18. The molecular weight excluding hydrogens is 381 g/mol. The number of hydrogen-bond acceptors (Lipinski definition) is 1. The molecule has 0 spiro atoms. The zero-order chi connectivity index (χ0) is 12.0. The summed E-state index contributed by atoms with van der Waals surface area (Å²) in [6.45, 7) is 2.38. The zero-order valence-electron chi connectivity index (χ0n) is 8.81. The number of nitrogens with one attached hydrogen (secondary N) is 1. The SMILES string of the molecule is CC#CCCNC(=O)c1cc(Br)ccc1I. The van der Waals surface area contributed by atoms with E-state index in [4.69, 9.17) is 0 Å². The van der Waals surface area contributed by atoms with Crippen molar-refractivity contribution in [2.45, 2.75) is 13.3 Å². The molecule has 2 nitrogen and oxygen atoms in total. The van der Waals surface area contributed by atoms with Gasteiger partial charge < -0.3 is 5.32 Å². The Labute approximate surface area is 117 Å². The summed E-state index contributed by atoms with van der Waals surface area (Å²) in [5.41, 5.74) is 0.694. The third-order valence-corrected chi connectivity index (χ3v) is 3.32. The molecule has 0 unspecified atom stereocenters. The Morgan fingerprint density at radius 2 is 2.31 bits per heavy atom. The van der Waals surface area contributed by atoms with Crippen LogP contribution in [-0.4, -0.2) is 12.5 Å². The lowest BCUT2D eigenvalue weighted by Crippen LogP contribution is -2.25. The normalized spacial score (nSPS) is 9.19. The average Bonchev–Trinajstić information content (AvgIpc) is 2.27. The summed E-state index contributed by atoms with van der Waals surface area (Å²) >= 11 is 5.50. The first-order chi connectivity index (χ1) is 7.65. The van der Waals surface area contributed by atoms with Crippen molar-refractivity contribution >= 4 is 44.4 Å². The summed E-state index contributed by atoms with van der Waals surface area (Å²) in [5, 5.41) is 2.83. The maximum absolute atomic E-state index is 11.8. The highest BCUT2D eigenvalue weighted by molar-refractivity contribution is 14.1. The molecule has 16 heavy (non-hydrogen) atoms. The Hall–Kier alpha value is -0.540. The van der Waals surface area contributed by atoms with E-state index in [1.807, 2.05) is 18.2 Å². The van der Waals surface area contributed by atoms with Crippen LogP contribution in [-0.2, 0) is 0 Å². The Morgan fingerprint density at radius 3 is 3.00 bits per heavy atom. The molecule has 0 saturated carbocycles. The highest BCUT2D eigenvalue weighted by atomic mass is 127. The molecule has 0 radical (unpaired) electrons. The molecule has 1 aromatic rings. The van der Waals surface area contributed by atoms with Crippen LogP contribution in [0.15, 0.2) is 22.7 Å². The van der Waals surface area contributed by atoms with Crippen LogP contribution in [0.5, 0.6) is 0 Å². The van der Waals surface area contributed by atoms with E-state index < -0.39 is 0 Å². The predicted octanol–water partition coefficient (Wildman–Crippen LogP) is 3.20. The van der Waals surface area contributed by atoms with Gasteiger partial charge in [0.2, 0.25) is 0 Å². The third kappa shape index (κ3) is 4.14. The molecule has 0 atom stereocenters. The van der Waals surface area contributed by atoms with E-state index in [9.17, 15) is 4.79 Å². The first-order valence-electron chi connectivity index (χ1n) is 4.78. The number of benzene rings is 1. The molecular formula is C12H11BrINO. The van der Waals surface area contributed by atoms with Gasteiger partial charge in [-0.15, -0.1) is 11.8 Å². The van der Waals surface area contributed by atoms with Crippen LogP contribution in [0.1, 0.15) is 23.7 Å². The molecule has 1 rings (SSSR count). The van der Waals surface area contributed by atoms with E-state index in [1.165, 1.54) is 0 Å². The van der Waals surface area contributed by atoms with Gasteiger partial charge in [0.05, 0.1) is 5.56 Å². The smallest absolute Gasteiger partial charge is 0.252 e. The predicted molar refractivity (Wildman–Crippen MR) is 77.3 cm³/mol. The van der Waals surface area contributed by atoms with E-state index in [2.05, 4.69) is 55.7 Å². The highest BCUT2D eigenvalue weighted by Gasteiger charge is 2.09. The Kier molecular flexibility index (Phi) is 5.85. The van der Waals surface area contributed by atoms with Crippen LogP contribution in [0.25, 0.3) is 0 Å². The molecule has 0 fully saturated rings. The van der Waals surface area contributed by atoms with Gasteiger partial charge in [0.15, 0.2) is 0 Å². The van der Waals surface area contributed by atoms with E-state index in [-0.39, 0.29) is 5.91 Å². The van der Waals surface area contributed by atoms with Crippen LogP contribution in [0.2, 0.25) is 0 Å². The van der Waals surface area contributed by atoms with Crippen LogP contribution < -0.4 is 5.32 Å². The minimum atomic E-state index is -0.0522. The number of hydrogen-bond donors (Lipinski definition) is 1. The summed E-state index contributed by atoms with van der Waals surface area (Å²) in [4.78, 5) is 11.8. The standard InChI is InChI=1S/C12H11BrINO/c1-2-3-4-7-15-12(16)10-8-9(13)5-6-11(10)14/h5-6,8H,4,7H2,1H3,(H,15,16). The monoisotopic (exact) mass is 391 g/mol. The molecule has 0 saturated heterocycles. The maximum Gasteiger partial charge on any atom is 0.252 e. The Balaban J connectivity index is 2.64. The van der Waals surface area contributed by atoms with Gasteiger partial charge in [0.25, 0.3) is 5.91 Å². The van der Waals surface area contributed by atoms with Crippen molar-refractivity contribution in [3.63, 3.8) is 0 Å². The van der Waals surface area contributed by atoms with Gasteiger partial charge in [-0.1, -0.05) is 15.9 Å². The van der Waals surface area contributed by atoms with E-state index in [0.717, 1.165) is 8.04 Å². The summed E-state index contributed by atoms with van der Waals surface area (Å²) < 4.78 is 1.85. The number of rotatable bonds is 3. The van der Waals surface area contributed by atoms with Gasteiger partial charge >= 0.3 is 0 Å². The second-order valence-corrected chi connectivity index (χ2v) is 5.13. The fourth-order valence-corrected chi connectivity index (χ4v) is 2.07. The molecule has 0 aromatic heterocycles. The summed E-state index contributed by atoms with van der Waals surface area (Å²) in [7, 11) is 0. The fraction of sp³-hybridized carbons (Fsp3) is 0.250. The van der Waals surface area contributed by atoms with Crippen LogP contribution in [0.4, 0.5) is 0 Å². The van der Waals surface area contributed by atoms with Crippen molar-refractivity contribution in [2.75, 3.05) is 6.54 Å². The minimum absolute atomic E-state index is 0.0522. The zero-order valence-corrected chi connectivity index (χ0v) is 12.6.